The molecule has 2 rings (SSSR count). The Morgan fingerprint density at radius 2 is 2.00 bits per heavy atom. The summed E-state index contributed by atoms with van der Waals surface area (Å²) < 4.78 is 1.06. The molecule has 0 saturated carbocycles. The van der Waals surface area contributed by atoms with Crippen molar-refractivity contribution in [2.24, 2.45) is 0 Å². The molecule has 74 valence electrons. The molecular formula is C11H12O2S. The predicted molar refractivity (Wildman–Crippen MR) is 58.5 cm³/mol. The van der Waals surface area contributed by atoms with Crippen molar-refractivity contribution in [3.8, 4) is 0 Å². The van der Waals surface area contributed by atoms with E-state index < -0.39 is 12.2 Å². The summed E-state index contributed by atoms with van der Waals surface area (Å²) in [5.74, 6) is 0. The largest absolute Gasteiger partial charge is 0.390 e. The third-order valence-corrected chi connectivity index (χ3v) is 3.26. The molecule has 2 aromatic rings. The lowest BCUT2D eigenvalue weighted by Gasteiger charge is -2.14. The molecule has 0 aliphatic carbocycles. The monoisotopic (exact) mass is 208 g/mol. The predicted octanol–water partition coefficient (Wildman–Crippen LogP) is 2.32. The minimum Gasteiger partial charge on any atom is -0.390 e. The van der Waals surface area contributed by atoms with E-state index in [0.717, 1.165) is 15.6 Å². The van der Waals surface area contributed by atoms with Crippen LogP contribution in [0.5, 0.6) is 0 Å². The van der Waals surface area contributed by atoms with Gasteiger partial charge in [-0.2, -0.15) is 0 Å². The number of benzene rings is 1. The van der Waals surface area contributed by atoms with E-state index in [1.54, 1.807) is 18.3 Å². The van der Waals surface area contributed by atoms with Crippen LogP contribution in [0.4, 0.5) is 0 Å². The molecule has 2 N–H and O–H groups in total. The van der Waals surface area contributed by atoms with Crippen LogP contribution >= 0.6 is 11.3 Å². The summed E-state index contributed by atoms with van der Waals surface area (Å²) >= 11 is 1.59. The molecule has 0 bridgehead atoms. The van der Waals surface area contributed by atoms with Gasteiger partial charge >= 0.3 is 0 Å². The zero-order chi connectivity index (χ0) is 10.1. The fraction of sp³-hybridized carbons (Fsp3) is 0.273. The van der Waals surface area contributed by atoms with E-state index in [-0.39, 0.29) is 0 Å². The van der Waals surface area contributed by atoms with E-state index in [1.165, 1.54) is 0 Å². The summed E-state index contributed by atoms with van der Waals surface area (Å²) in [6.45, 7) is 1.59. The quantitative estimate of drug-likeness (QED) is 0.795. The molecule has 0 aliphatic rings. The van der Waals surface area contributed by atoms with E-state index in [9.17, 15) is 10.2 Å². The molecule has 0 aliphatic heterocycles. The average Bonchev–Trinajstić information content (AvgIpc) is 2.63. The average molecular weight is 208 g/mol. The highest BCUT2D eigenvalue weighted by atomic mass is 32.1. The van der Waals surface area contributed by atoms with Crippen LogP contribution in [0.25, 0.3) is 10.1 Å². The highest BCUT2D eigenvalue weighted by Gasteiger charge is 2.16. The van der Waals surface area contributed by atoms with Crippen molar-refractivity contribution >= 4 is 21.4 Å². The molecule has 2 nitrogen and oxygen atoms in total. The van der Waals surface area contributed by atoms with Crippen molar-refractivity contribution in [3.63, 3.8) is 0 Å². The van der Waals surface area contributed by atoms with Gasteiger partial charge in [0.25, 0.3) is 0 Å². The Hall–Kier alpha value is -0.900. The summed E-state index contributed by atoms with van der Waals surface area (Å²) in [6.07, 6.45) is -1.53. The van der Waals surface area contributed by atoms with Crippen LogP contribution in [-0.2, 0) is 0 Å². The van der Waals surface area contributed by atoms with Crippen LogP contribution in [0, 0.1) is 0 Å². The fourth-order valence-corrected chi connectivity index (χ4v) is 2.46. The standard InChI is InChI=1S/C11H12O2S/c1-7(12)10(13)9-4-2-3-8-5-6-14-11(8)9/h2-7,10,12-13H,1H3. The van der Waals surface area contributed by atoms with Gasteiger partial charge in [0, 0.05) is 10.3 Å². The highest BCUT2D eigenvalue weighted by molar-refractivity contribution is 7.17. The number of fused-ring (bicyclic) bond motifs is 1. The molecule has 0 spiro atoms. The van der Waals surface area contributed by atoms with Crippen molar-refractivity contribution in [2.75, 3.05) is 0 Å². The zero-order valence-electron chi connectivity index (χ0n) is 7.84. The maximum absolute atomic E-state index is 9.77. The third-order valence-electron chi connectivity index (χ3n) is 2.29. The number of hydrogen-bond donors (Lipinski definition) is 2. The summed E-state index contributed by atoms with van der Waals surface area (Å²) in [4.78, 5) is 0. The molecular weight excluding hydrogens is 196 g/mol. The van der Waals surface area contributed by atoms with Gasteiger partial charge in [-0.1, -0.05) is 18.2 Å². The second kappa shape index (κ2) is 3.69. The second-order valence-corrected chi connectivity index (χ2v) is 4.29. The Morgan fingerprint density at radius 1 is 1.21 bits per heavy atom. The highest BCUT2D eigenvalue weighted by Crippen LogP contribution is 2.30. The number of thiophene rings is 1. The van der Waals surface area contributed by atoms with Crippen LogP contribution in [-0.4, -0.2) is 16.3 Å². The molecule has 2 unspecified atom stereocenters. The number of aliphatic hydroxyl groups excluding tert-OH is 2. The van der Waals surface area contributed by atoms with Crippen molar-refractivity contribution in [1.82, 2.24) is 0 Å². The minimum absolute atomic E-state index is 0.734. The van der Waals surface area contributed by atoms with E-state index in [4.69, 9.17) is 0 Å². The first-order chi connectivity index (χ1) is 6.70. The van der Waals surface area contributed by atoms with Gasteiger partial charge in [-0.25, -0.2) is 0 Å². The number of aliphatic hydroxyl groups is 2. The van der Waals surface area contributed by atoms with E-state index >= 15 is 0 Å². The first-order valence-corrected chi connectivity index (χ1v) is 5.40. The summed E-state index contributed by atoms with van der Waals surface area (Å²) in [5, 5.41) is 22.2. The Labute approximate surface area is 86.4 Å². The third kappa shape index (κ3) is 1.54. The zero-order valence-corrected chi connectivity index (χ0v) is 8.66. The van der Waals surface area contributed by atoms with Gasteiger partial charge in [0.2, 0.25) is 0 Å². The maximum Gasteiger partial charge on any atom is 0.106 e. The lowest BCUT2D eigenvalue weighted by atomic mass is 10.0. The first-order valence-electron chi connectivity index (χ1n) is 4.52. The van der Waals surface area contributed by atoms with Gasteiger partial charge in [0.05, 0.1) is 6.10 Å². The molecule has 14 heavy (non-hydrogen) atoms. The van der Waals surface area contributed by atoms with Gasteiger partial charge in [-0.15, -0.1) is 11.3 Å². The first kappa shape index (κ1) is 9.65. The van der Waals surface area contributed by atoms with E-state index in [1.807, 2.05) is 29.6 Å². The second-order valence-electron chi connectivity index (χ2n) is 3.37. The maximum atomic E-state index is 9.77. The van der Waals surface area contributed by atoms with Gasteiger partial charge in [-0.05, 0) is 23.8 Å². The van der Waals surface area contributed by atoms with Crippen LogP contribution < -0.4 is 0 Å². The van der Waals surface area contributed by atoms with Gasteiger partial charge in [-0.3, -0.25) is 0 Å². The topological polar surface area (TPSA) is 40.5 Å². The fourth-order valence-electron chi connectivity index (χ4n) is 1.51. The van der Waals surface area contributed by atoms with E-state index in [2.05, 4.69) is 0 Å². The molecule has 0 radical (unpaired) electrons. The van der Waals surface area contributed by atoms with Crippen LogP contribution in [0.15, 0.2) is 29.6 Å². The molecule has 1 heterocycles. The van der Waals surface area contributed by atoms with Crippen molar-refractivity contribution < 1.29 is 10.2 Å². The number of rotatable bonds is 2. The summed E-state index contributed by atoms with van der Waals surface area (Å²) in [7, 11) is 0. The van der Waals surface area contributed by atoms with Crippen molar-refractivity contribution in [3.05, 3.63) is 35.2 Å². The Balaban J connectivity index is 2.56. The van der Waals surface area contributed by atoms with Crippen LogP contribution in [0.2, 0.25) is 0 Å². The lowest BCUT2D eigenvalue weighted by Crippen LogP contribution is -2.13. The van der Waals surface area contributed by atoms with E-state index in [0.29, 0.717) is 0 Å². The smallest absolute Gasteiger partial charge is 0.106 e. The van der Waals surface area contributed by atoms with Crippen LogP contribution in [0.1, 0.15) is 18.6 Å². The molecule has 2 atom stereocenters. The van der Waals surface area contributed by atoms with Gasteiger partial charge < -0.3 is 10.2 Å². The Kier molecular flexibility index (Phi) is 2.54. The molecule has 1 aromatic carbocycles. The van der Waals surface area contributed by atoms with Crippen molar-refractivity contribution in [2.45, 2.75) is 19.1 Å². The van der Waals surface area contributed by atoms with Crippen molar-refractivity contribution in [1.29, 1.82) is 0 Å². The molecule has 0 fully saturated rings. The normalized spacial score (nSPS) is 15.6. The molecule has 0 amide bonds. The Morgan fingerprint density at radius 3 is 2.71 bits per heavy atom. The molecule has 0 saturated heterocycles. The molecule has 1 aromatic heterocycles. The lowest BCUT2D eigenvalue weighted by molar-refractivity contribution is 0.0315. The minimum atomic E-state index is -0.794. The Bertz CT molecular complexity index is 434. The summed E-state index contributed by atoms with van der Waals surface area (Å²) in [6, 6.07) is 7.77. The van der Waals surface area contributed by atoms with Gasteiger partial charge in [0.15, 0.2) is 0 Å². The van der Waals surface area contributed by atoms with Crippen LogP contribution in [0.3, 0.4) is 0 Å². The SMILES string of the molecule is CC(O)C(O)c1cccc2ccsc12. The van der Waals surface area contributed by atoms with Gasteiger partial charge in [0.1, 0.15) is 6.10 Å². The summed E-state index contributed by atoms with van der Waals surface area (Å²) in [5.41, 5.74) is 0.813. The molecule has 3 heteroatoms. The number of hydrogen-bond acceptors (Lipinski definition) is 3.